The van der Waals surface area contributed by atoms with E-state index in [1.54, 1.807) is 7.11 Å². The molecule has 4 nitrogen and oxygen atoms in total. The maximum atomic E-state index is 12.4. The first kappa shape index (κ1) is 14.8. The van der Waals surface area contributed by atoms with E-state index in [-0.39, 0.29) is 17.9 Å². The number of nitrogens with zero attached hydrogens (tertiary/aromatic N) is 1. The number of nitrogens with two attached hydrogens (primary N) is 1. The summed E-state index contributed by atoms with van der Waals surface area (Å²) in [4.78, 5) is 14.3. The fourth-order valence-corrected chi connectivity index (χ4v) is 3.14. The van der Waals surface area contributed by atoms with Crippen LogP contribution in [0, 0.1) is 5.92 Å². The normalized spacial score (nSPS) is 23.4. The van der Waals surface area contributed by atoms with Crippen LogP contribution >= 0.6 is 11.8 Å². The molecular weight excluding hydrogens is 236 g/mol. The molecule has 1 aliphatic rings. The fourth-order valence-electron chi connectivity index (χ4n) is 1.92. The van der Waals surface area contributed by atoms with Gasteiger partial charge in [0.1, 0.15) is 0 Å². The van der Waals surface area contributed by atoms with Crippen molar-refractivity contribution < 1.29 is 9.53 Å². The SMILES string of the molecule is COCCN(C(=O)C(C)C(C)N)C1CCSC1. The van der Waals surface area contributed by atoms with Crippen LogP contribution in [0.4, 0.5) is 0 Å². The molecule has 3 unspecified atom stereocenters. The number of ether oxygens (including phenoxy) is 1. The van der Waals surface area contributed by atoms with Crippen molar-refractivity contribution >= 4 is 17.7 Å². The summed E-state index contributed by atoms with van der Waals surface area (Å²) < 4.78 is 5.09. The Morgan fingerprint density at radius 2 is 2.29 bits per heavy atom. The highest BCUT2D eigenvalue weighted by molar-refractivity contribution is 7.99. The maximum Gasteiger partial charge on any atom is 0.227 e. The molecule has 5 heteroatoms. The van der Waals surface area contributed by atoms with Gasteiger partial charge < -0.3 is 15.4 Å². The van der Waals surface area contributed by atoms with E-state index in [0.717, 1.165) is 17.9 Å². The van der Waals surface area contributed by atoms with Gasteiger partial charge in [-0.15, -0.1) is 0 Å². The van der Waals surface area contributed by atoms with E-state index in [2.05, 4.69) is 0 Å². The first-order valence-electron chi connectivity index (χ1n) is 6.20. The van der Waals surface area contributed by atoms with E-state index >= 15 is 0 Å². The van der Waals surface area contributed by atoms with Gasteiger partial charge in [-0.3, -0.25) is 4.79 Å². The molecule has 1 fully saturated rings. The molecule has 0 radical (unpaired) electrons. The summed E-state index contributed by atoms with van der Waals surface area (Å²) in [7, 11) is 1.67. The van der Waals surface area contributed by atoms with E-state index in [1.807, 2.05) is 30.5 Å². The average molecular weight is 260 g/mol. The fraction of sp³-hybridized carbons (Fsp3) is 0.917. The lowest BCUT2D eigenvalue weighted by atomic mass is 10.0. The van der Waals surface area contributed by atoms with Crippen LogP contribution in [0.15, 0.2) is 0 Å². The molecule has 0 aromatic rings. The molecule has 0 saturated carbocycles. The minimum atomic E-state index is -0.113. The number of methoxy groups -OCH3 is 1. The largest absolute Gasteiger partial charge is 0.383 e. The molecule has 1 aliphatic heterocycles. The zero-order valence-corrected chi connectivity index (χ0v) is 11.8. The van der Waals surface area contributed by atoms with E-state index in [0.29, 0.717) is 19.2 Å². The summed E-state index contributed by atoms with van der Waals surface area (Å²) in [5, 5.41) is 0. The van der Waals surface area contributed by atoms with Crippen molar-refractivity contribution in [3.8, 4) is 0 Å². The molecule has 1 saturated heterocycles. The zero-order valence-electron chi connectivity index (χ0n) is 11.0. The number of thioether (sulfide) groups is 1. The monoisotopic (exact) mass is 260 g/mol. The van der Waals surface area contributed by atoms with Crippen LogP contribution in [0.2, 0.25) is 0 Å². The average Bonchev–Trinajstić information content (AvgIpc) is 2.81. The van der Waals surface area contributed by atoms with Crippen molar-refractivity contribution in [1.29, 1.82) is 0 Å². The molecule has 1 amide bonds. The number of hydrogen-bond acceptors (Lipinski definition) is 4. The van der Waals surface area contributed by atoms with Gasteiger partial charge in [-0.05, 0) is 19.1 Å². The van der Waals surface area contributed by atoms with Crippen molar-refractivity contribution in [3.63, 3.8) is 0 Å². The Kier molecular flexibility index (Phi) is 6.30. The highest BCUT2D eigenvalue weighted by Gasteiger charge is 2.30. The van der Waals surface area contributed by atoms with E-state index < -0.39 is 0 Å². The molecule has 1 rings (SSSR count). The van der Waals surface area contributed by atoms with Gasteiger partial charge in [-0.1, -0.05) is 6.92 Å². The molecule has 0 bridgehead atoms. The molecule has 2 N–H and O–H groups in total. The Bertz CT molecular complexity index is 243. The maximum absolute atomic E-state index is 12.4. The topological polar surface area (TPSA) is 55.6 Å². The van der Waals surface area contributed by atoms with Crippen LogP contribution in [0.1, 0.15) is 20.3 Å². The highest BCUT2D eigenvalue weighted by Crippen LogP contribution is 2.23. The first-order chi connectivity index (χ1) is 8.07. The zero-order chi connectivity index (χ0) is 12.8. The van der Waals surface area contributed by atoms with Crippen molar-refractivity contribution in [3.05, 3.63) is 0 Å². The second-order valence-corrected chi connectivity index (χ2v) is 5.84. The van der Waals surface area contributed by atoms with Crippen LogP contribution in [0.3, 0.4) is 0 Å². The predicted molar refractivity (Wildman–Crippen MR) is 72.1 cm³/mol. The third kappa shape index (κ3) is 4.16. The summed E-state index contributed by atoms with van der Waals surface area (Å²) in [6.07, 6.45) is 1.09. The highest BCUT2D eigenvalue weighted by atomic mass is 32.2. The Morgan fingerprint density at radius 3 is 2.76 bits per heavy atom. The first-order valence-corrected chi connectivity index (χ1v) is 7.36. The van der Waals surface area contributed by atoms with Gasteiger partial charge in [0.05, 0.1) is 12.5 Å². The molecule has 1 heterocycles. The van der Waals surface area contributed by atoms with Crippen LogP contribution in [-0.4, -0.2) is 54.7 Å². The van der Waals surface area contributed by atoms with E-state index in [1.165, 1.54) is 0 Å². The Hall–Kier alpha value is -0.260. The summed E-state index contributed by atoms with van der Waals surface area (Å²) in [6, 6.07) is 0.269. The number of amides is 1. The third-order valence-corrected chi connectivity index (χ3v) is 4.49. The van der Waals surface area contributed by atoms with Gasteiger partial charge in [0.15, 0.2) is 0 Å². The minimum Gasteiger partial charge on any atom is -0.383 e. The Balaban J connectivity index is 2.63. The van der Waals surface area contributed by atoms with E-state index in [4.69, 9.17) is 10.5 Å². The molecule has 100 valence electrons. The Labute approximate surface area is 108 Å². The van der Waals surface area contributed by atoms with Gasteiger partial charge in [0.2, 0.25) is 5.91 Å². The number of rotatable bonds is 6. The van der Waals surface area contributed by atoms with Gasteiger partial charge >= 0.3 is 0 Å². The molecular formula is C12H24N2O2S. The number of carbonyl (C=O) groups is 1. The smallest absolute Gasteiger partial charge is 0.227 e. The lowest BCUT2D eigenvalue weighted by molar-refractivity contribution is -0.138. The second-order valence-electron chi connectivity index (χ2n) is 4.69. The van der Waals surface area contributed by atoms with E-state index in [9.17, 15) is 4.79 Å². The van der Waals surface area contributed by atoms with Crippen molar-refractivity contribution in [1.82, 2.24) is 4.90 Å². The lowest BCUT2D eigenvalue weighted by Gasteiger charge is -2.31. The van der Waals surface area contributed by atoms with Gasteiger partial charge in [0.25, 0.3) is 0 Å². The molecule has 3 atom stereocenters. The Morgan fingerprint density at radius 1 is 1.59 bits per heavy atom. The predicted octanol–water partition coefficient (Wildman–Crippen LogP) is 0.950. The summed E-state index contributed by atoms with van der Waals surface area (Å²) >= 11 is 1.92. The van der Waals surface area contributed by atoms with Crippen LogP contribution in [0.5, 0.6) is 0 Å². The molecule has 0 aliphatic carbocycles. The summed E-state index contributed by atoms with van der Waals surface area (Å²) in [6.45, 7) is 5.07. The lowest BCUT2D eigenvalue weighted by Crippen LogP contribution is -2.48. The number of hydrogen-bond donors (Lipinski definition) is 1. The second kappa shape index (κ2) is 7.24. The quantitative estimate of drug-likeness (QED) is 0.772. The summed E-state index contributed by atoms with van der Waals surface area (Å²) in [5.74, 6) is 2.25. The van der Waals surface area contributed by atoms with Crippen LogP contribution in [-0.2, 0) is 9.53 Å². The molecule has 0 aromatic carbocycles. The molecule has 0 spiro atoms. The van der Waals surface area contributed by atoms with Gasteiger partial charge in [-0.2, -0.15) is 11.8 Å². The third-order valence-electron chi connectivity index (χ3n) is 3.34. The van der Waals surface area contributed by atoms with Crippen LogP contribution < -0.4 is 5.73 Å². The van der Waals surface area contributed by atoms with Crippen molar-refractivity contribution in [2.24, 2.45) is 11.7 Å². The minimum absolute atomic E-state index is 0.0957. The van der Waals surface area contributed by atoms with Crippen molar-refractivity contribution in [2.45, 2.75) is 32.4 Å². The number of carbonyl (C=O) groups excluding carboxylic acids is 1. The van der Waals surface area contributed by atoms with Gasteiger partial charge in [-0.25, -0.2) is 0 Å². The molecule has 0 aromatic heterocycles. The van der Waals surface area contributed by atoms with Crippen molar-refractivity contribution in [2.75, 3.05) is 31.8 Å². The van der Waals surface area contributed by atoms with Crippen LogP contribution in [0.25, 0.3) is 0 Å². The molecule has 17 heavy (non-hydrogen) atoms. The summed E-state index contributed by atoms with van der Waals surface area (Å²) in [5.41, 5.74) is 5.82. The standard InChI is InChI=1S/C12H24N2O2S/c1-9(10(2)13)12(15)14(5-6-16-3)11-4-7-17-8-11/h9-11H,4-8,13H2,1-3H3. The van der Waals surface area contributed by atoms with Gasteiger partial charge in [0, 0.05) is 31.5 Å².